The number of carbonyl (C=O) groups is 2. The summed E-state index contributed by atoms with van der Waals surface area (Å²) in [4.78, 5) is 34.8. The molecule has 4 rings (SSSR count). The molecular weight excluding hydrogens is 526 g/mol. The molecule has 2 aromatic carbocycles. The van der Waals surface area contributed by atoms with Gasteiger partial charge in [0.25, 0.3) is 5.91 Å². The Hall–Kier alpha value is -2.33. The van der Waals surface area contributed by atoms with E-state index in [4.69, 9.17) is 12.2 Å². The topological polar surface area (TPSA) is 59.1 Å². The number of likely N-dealkylation sites (N-methyl/N-ethyl adjacent to an activating group) is 1. The molecule has 0 radical (unpaired) electrons. The molecule has 0 aromatic heterocycles. The Morgan fingerprint density at radius 2 is 1.69 bits per heavy atom. The summed E-state index contributed by atoms with van der Waals surface area (Å²) in [6.07, 6.45) is 0.926. The number of carbonyl (C=O) groups excluding carboxylic acids is 2. The fraction of sp³-hybridized carbons (Fsp3) is 0.423. The van der Waals surface area contributed by atoms with Crippen molar-refractivity contribution >= 4 is 56.4 Å². The molecule has 2 amide bonds. The smallest absolute Gasteiger partial charge is 0.256 e. The van der Waals surface area contributed by atoms with Gasteiger partial charge in [-0.05, 0) is 75.6 Å². The number of nitrogens with one attached hydrogen (secondary N) is 1. The molecule has 0 saturated carbocycles. The second kappa shape index (κ2) is 11.6. The van der Waals surface area contributed by atoms with E-state index in [1.165, 1.54) is 0 Å². The SMILES string of the molecule is Cc1ccc(N2C(=O)[C@H](CC(=O)Nc3ccc(Br)cc3)N(CCCN3CCN(C)CC3)C2=S)cc1. The van der Waals surface area contributed by atoms with Crippen LogP contribution in [0.1, 0.15) is 18.4 Å². The Morgan fingerprint density at radius 1 is 1.03 bits per heavy atom. The number of anilines is 2. The van der Waals surface area contributed by atoms with Crippen molar-refractivity contribution in [2.24, 2.45) is 0 Å². The Labute approximate surface area is 221 Å². The second-order valence-corrected chi connectivity index (χ2v) is 10.5. The third-order valence-electron chi connectivity index (χ3n) is 6.59. The Kier molecular flexibility index (Phi) is 8.54. The maximum atomic E-state index is 13.5. The van der Waals surface area contributed by atoms with Gasteiger partial charge in [0.05, 0.1) is 12.1 Å². The molecule has 2 fully saturated rings. The first-order valence-electron chi connectivity index (χ1n) is 12.0. The molecule has 35 heavy (non-hydrogen) atoms. The molecule has 0 unspecified atom stereocenters. The molecular formula is C26H32BrN5O2S. The van der Waals surface area contributed by atoms with Crippen molar-refractivity contribution in [1.82, 2.24) is 14.7 Å². The van der Waals surface area contributed by atoms with Gasteiger partial charge in [0.1, 0.15) is 6.04 Å². The zero-order valence-electron chi connectivity index (χ0n) is 20.2. The monoisotopic (exact) mass is 557 g/mol. The number of halogens is 1. The van der Waals surface area contributed by atoms with E-state index in [1.54, 1.807) is 4.90 Å². The van der Waals surface area contributed by atoms with Gasteiger partial charge in [-0.3, -0.25) is 14.5 Å². The standard InChI is InChI=1S/C26H32BrN5O2S/c1-19-4-10-22(11-5-19)32-25(34)23(18-24(33)28-21-8-6-20(27)7-9-21)31(26(32)35)13-3-12-30-16-14-29(2)15-17-30/h4-11,23H,3,12-18H2,1-2H3,(H,28,33)/t23-/m0/s1. The maximum absolute atomic E-state index is 13.5. The van der Waals surface area contributed by atoms with Gasteiger partial charge in [-0.1, -0.05) is 33.6 Å². The summed E-state index contributed by atoms with van der Waals surface area (Å²) >= 11 is 9.19. The summed E-state index contributed by atoms with van der Waals surface area (Å²) in [6, 6.07) is 14.5. The highest BCUT2D eigenvalue weighted by atomic mass is 79.9. The minimum Gasteiger partial charge on any atom is -0.336 e. The van der Waals surface area contributed by atoms with Crippen LogP contribution < -0.4 is 10.2 Å². The van der Waals surface area contributed by atoms with Crippen LogP contribution in [0.25, 0.3) is 0 Å². The van der Waals surface area contributed by atoms with E-state index in [-0.39, 0.29) is 18.2 Å². The van der Waals surface area contributed by atoms with Crippen molar-refractivity contribution in [3.05, 3.63) is 58.6 Å². The van der Waals surface area contributed by atoms with Gasteiger partial charge >= 0.3 is 0 Å². The van der Waals surface area contributed by atoms with Crippen LogP contribution in [0.15, 0.2) is 53.0 Å². The number of rotatable bonds is 8. The first kappa shape index (κ1) is 25.8. The molecule has 2 saturated heterocycles. The minimum absolute atomic E-state index is 0.0475. The molecule has 0 bridgehead atoms. The van der Waals surface area contributed by atoms with E-state index in [1.807, 2.05) is 60.4 Å². The molecule has 7 nitrogen and oxygen atoms in total. The first-order chi connectivity index (χ1) is 16.8. The van der Waals surface area contributed by atoms with Gasteiger partial charge in [0, 0.05) is 42.9 Å². The predicted octanol–water partition coefficient (Wildman–Crippen LogP) is 3.73. The van der Waals surface area contributed by atoms with Gasteiger partial charge in [0.2, 0.25) is 5.91 Å². The predicted molar refractivity (Wildman–Crippen MR) is 148 cm³/mol. The number of thiocarbonyl (C=S) groups is 1. The quantitative estimate of drug-likeness (QED) is 0.499. The molecule has 2 aliphatic rings. The first-order valence-corrected chi connectivity index (χ1v) is 13.2. The Balaban J connectivity index is 1.46. The van der Waals surface area contributed by atoms with Crippen molar-refractivity contribution in [3.8, 4) is 0 Å². The maximum Gasteiger partial charge on any atom is 0.256 e. The number of aryl methyl sites for hydroxylation is 1. The third-order valence-corrected chi connectivity index (χ3v) is 7.53. The molecule has 0 spiro atoms. The second-order valence-electron chi connectivity index (χ2n) is 9.26. The third kappa shape index (κ3) is 6.46. The van der Waals surface area contributed by atoms with Gasteiger partial charge in [-0.2, -0.15) is 0 Å². The molecule has 9 heteroatoms. The van der Waals surface area contributed by atoms with Gasteiger partial charge in [-0.15, -0.1) is 0 Å². The molecule has 2 aromatic rings. The van der Waals surface area contributed by atoms with Gasteiger partial charge < -0.3 is 20.0 Å². The fourth-order valence-corrected chi connectivity index (χ4v) is 5.15. The summed E-state index contributed by atoms with van der Waals surface area (Å²) < 4.78 is 0.937. The highest BCUT2D eigenvalue weighted by molar-refractivity contribution is 9.10. The number of piperazine rings is 1. The number of hydrogen-bond donors (Lipinski definition) is 1. The van der Waals surface area contributed by atoms with Crippen molar-refractivity contribution in [2.45, 2.75) is 25.8 Å². The van der Waals surface area contributed by atoms with Crippen LogP contribution in [-0.2, 0) is 9.59 Å². The molecule has 1 atom stereocenters. The lowest BCUT2D eigenvalue weighted by Gasteiger charge is -2.33. The lowest BCUT2D eigenvalue weighted by molar-refractivity contribution is -0.124. The number of benzene rings is 2. The Morgan fingerprint density at radius 3 is 2.34 bits per heavy atom. The normalized spacial score (nSPS) is 19.5. The zero-order valence-corrected chi connectivity index (χ0v) is 22.6. The molecule has 1 N–H and O–H groups in total. The average molecular weight is 559 g/mol. The summed E-state index contributed by atoms with van der Waals surface area (Å²) in [7, 11) is 2.15. The van der Waals surface area contributed by atoms with Crippen LogP contribution in [0.3, 0.4) is 0 Å². The largest absolute Gasteiger partial charge is 0.336 e. The van der Waals surface area contributed by atoms with Crippen LogP contribution in [0.2, 0.25) is 0 Å². The van der Waals surface area contributed by atoms with Crippen LogP contribution in [0, 0.1) is 6.92 Å². The van der Waals surface area contributed by atoms with E-state index >= 15 is 0 Å². The number of nitrogens with zero attached hydrogens (tertiary/aromatic N) is 4. The van der Waals surface area contributed by atoms with Crippen molar-refractivity contribution in [3.63, 3.8) is 0 Å². The van der Waals surface area contributed by atoms with Crippen LogP contribution in [0.5, 0.6) is 0 Å². The summed E-state index contributed by atoms with van der Waals surface area (Å²) in [6.45, 7) is 7.83. The van der Waals surface area contributed by atoms with Crippen LogP contribution in [-0.4, -0.2) is 84.0 Å². The average Bonchev–Trinajstić information content (AvgIpc) is 3.06. The minimum atomic E-state index is -0.619. The van der Waals surface area contributed by atoms with Crippen molar-refractivity contribution < 1.29 is 9.59 Å². The van der Waals surface area contributed by atoms with E-state index in [0.29, 0.717) is 17.3 Å². The number of hydrogen-bond acceptors (Lipinski definition) is 5. The molecule has 0 aliphatic carbocycles. The van der Waals surface area contributed by atoms with E-state index in [0.717, 1.165) is 54.9 Å². The zero-order chi connectivity index (χ0) is 24.9. The van der Waals surface area contributed by atoms with E-state index < -0.39 is 6.04 Å². The Bertz CT molecular complexity index is 1050. The molecule has 2 aliphatic heterocycles. The van der Waals surface area contributed by atoms with Gasteiger partial charge in [-0.25, -0.2) is 0 Å². The fourth-order valence-electron chi connectivity index (χ4n) is 4.48. The summed E-state index contributed by atoms with van der Waals surface area (Å²) in [5, 5.41) is 3.38. The van der Waals surface area contributed by atoms with Crippen LogP contribution in [0.4, 0.5) is 11.4 Å². The molecule has 2 heterocycles. The highest BCUT2D eigenvalue weighted by Gasteiger charge is 2.43. The summed E-state index contributed by atoms with van der Waals surface area (Å²) in [5.74, 6) is -0.354. The number of amides is 2. The van der Waals surface area contributed by atoms with Crippen LogP contribution >= 0.6 is 28.1 Å². The van der Waals surface area contributed by atoms with E-state index in [9.17, 15) is 9.59 Å². The summed E-state index contributed by atoms with van der Waals surface area (Å²) in [5.41, 5.74) is 2.55. The highest BCUT2D eigenvalue weighted by Crippen LogP contribution is 2.28. The lowest BCUT2D eigenvalue weighted by Crippen LogP contribution is -2.45. The van der Waals surface area contributed by atoms with Crippen molar-refractivity contribution in [1.29, 1.82) is 0 Å². The van der Waals surface area contributed by atoms with Gasteiger partial charge in [0.15, 0.2) is 5.11 Å². The molecule has 186 valence electrons. The lowest BCUT2D eigenvalue weighted by atomic mass is 10.1. The van der Waals surface area contributed by atoms with Crippen molar-refractivity contribution in [2.75, 3.05) is 56.5 Å². The van der Waals surface area contributed by atoms with E-state index in [2.05, 4.69) is 38.1 Å².